The number of anilines is 1. The van der Waals surface area contributed by atoms with Gasteiger partial charge in [0.2, 0.25) is 0 Å². The van der Waals surface area contributed by atoms with Crippen molar-refractivity contribution >= 4 is 46.8 Å². The minimum absolute atomic E-state index is 0.107. The Balaban J connectivity index is 1.68. The zero-order valence-corrected chi connectivity index (χ0v) is 16.3. The van der Waals surface area contributed by atoms with Crippen molar-refractivity contribution in [1.82, 2.24) is 10.3 Å². The minimum atomic E-state index is -0.783. The molecule has 0 fully saturated rings. The highest BCUT2D eigenvalue weighted by Gasteiger charge is 2.14. The summed E-state index contributed by atoms with van der Waals surface area (Å²) in [5.41, 5.74) is 0.561. The van der Waals surface area contributed by atoms with Crippen LogP contribution < -0.4 is 15.4 Å². The van der Waals surface area contributed by atoms with Gasteiger partial charge in [0.25, 0.3) is 11.8 Å². The quantitative estimate of drug-likeness (QED) is 0.628. The van der Waals surface area contributed by atoms with Crippen LogP contribution in [0.25, 0.3) is 0 Å². The van der Waals surface area contributed by atoms with Crippen LogP contribution in [0.1, 0.15) is 5.56 Å². The van der Waals surface area contributed by atoms with Crippen molar-refractivity contribution in [3.8, 4) is 5.75 Å². The van der Waals surface area contributed by atoms with Gasteiger partial charge in [0.1, 0.15) is 12.3 Å². The molecule has 8 nitrogen and oxygen atoms in total. The average Bonchev–Trinajstić information content (AvgIpc) is 2.70. The van der Waals surface area contributed by atoms with Crippen LogP contribution >= 0.6 is 23.2 Å². The topological polar surface area (TPSA) is 107 Å². The fraction of sp³-hybridized carbons (Fsp3) is 0.222. The Morgan fingerprint density at radius 1 is 1.07 bits per heavy atom. The summed E-state index contributed by atoms with van der Waals surface area (Å²) in [7, 11) is 0. The summed E-state index contributed by atoms with van der Waals surface area (Å²) in [4.78, 5) is 39.0. The van der Waals surface area contributed by atoms with Crippen molar-refractivity contribution < 1.29 is 23.9 Å². The van der Waals surface area contributed by atoms with Gasteiger partial charge in [-0.2, -0.15) is 0 Å². The minimum Gasteiger partial charge on any atom is -0.484 e. The second-order valence-corrected chi connectivity index (χ2v) is 6.27. The van der Waals surface area contributed by atoms with Gasteiger partial charge in [-0.05, 0) is 24.6 Å². The zero-order valence-electron chi connectivity index (χ0n) is 14.8. The Labute approximate surface area is 171 Å². The smallest absolute Gasteiger partial charge is 0.325 e. The number of rotatable bonds is 8. The van der Waals surface area contributed by atoms with Gasteiger partial charge in [-0.1, -0.05) is 41.4 Å². The number of nitrogens with one attached hydrogen (secondary N) is 2. The number of para-hydroxylation sites is 1. The number of halogens is 2. The molecule has 148 valence electrons. The van der Waals surface area contributed by atoms with Crippen molar-refractivity contribution in [2.45, 2.75) is 6.92 Å². The van der Waals surface area contributed by atoms with Crippen LogP contribution in [0.4, 0.5) is 5.82 Å². The normalized spacial score (nSPS) is 10.1. The van der Waals surface area contributed by atoms with Crippen LogP contribution in [0.5, 0.6) is 5.75 Å². The van der Waals surface area contributed by atoms with Crippen molar-refractivity contribution in [2.24, 2.45) is 0 Å². The Morgan fingerprint density at radius 2 is 1.79 bits per heavy atom. The lowest BCUT2D eigenvalue weighted by atomic mass is 10.3. The summed E-state index contributed by atoms with van der Waals surface area (Å²) < 4.78 is 10.0. The SMILES string of the molecule is Cc1c(Cl)cnc(NC(=O)COC(=O)CNC(=O)COc2ccccc2)c1Cl. The second kappa shape index (κ2) is 10.5. The monoisotopic (exact) mass is 425 g/mol. The maximum absolute atomic E-state index is 11.8. The molecule has 0 saturated carbocycles. The van der Waals surface area contributed by atoms with Gasteiger partial charge >= 0.3 is 5.97 Å². The van der Waals surface area contributed by atoms with E-state index in [-0.39, 0.29) is 17.4 Å². The number of nitrogens with zero attached hydrogens (tertiary/aromatic N) is 1. The number of aromatic nitrogens is 1. The van der Waals surface area contributed by atoms with Crippen LogP contribution in [0.2, 0.25) is 10.0 Å². The maximum Gasteiger partial charge on any atom is 0.325 e. The van der Waals surface area contributed by atoms with Gasteiger partial charge in [-0.3, -0.25) is 14.4 Å². The first-order valence-corrected chi connectivity index (χ1v) is 8.83. The van der Waals surface area contributed by atoms with Crippen molar-refractivity contribution in [3.63, 3.8) is 0 Å². The third-order valence-corrected chi connectivity index (χ3v) is 4.21. The first-order chi connectivity index (χ1) is 13.4. The molecule has 0 saturated heterocycles. The molecular formula is C18H17Cl2N3O5. The van der Waals surface area contributed by atoms with Gasteiger partial charge in [0.05, 0.1) is 10.0 Å². The largest absolute Gasteiger partial charge is 0.484 e. The summed E-state index contributed by atoms with van der Waals surface area (Å²) in [5, 5.41) is 5.30. The lowest BCUT2D eigenvalue weighted by molar-refractivity contribution is -0.147. The molecule has 28 heavy (non-hydrogen) atoms. The van der Waals surface area contributed by atoms with Gasteiger partial charge < -0.3 is 20.1 Å². The fourth-order valence-electron chi connectivity index (χ4n) is 1.90. The molecule has 1 heterocycles. The first-order valence-electron chi connectivity index (χ1n) is 8.07. The van der Waals surface area contributed by atoms with E-state index in [1.807, 2.05) is 6.07 Å². The Kier molecular flexibility index (Phi) is 8.03. The number of carbonyl (C=O) groups is 3. The molecular weight excluding hydrogens is 409 g/mol. The molecule has 1 aromatic carbocycles. The predicted octanol–water partition coefficient (Wildman–Crippen LogP) is 2.37. The summed E-state index contributed by atoms with van der Waals surface area (Å²) in [5.74, 6) is -1.28. The number of pyridine rings is 1. The molecule has 1 aromatic heterocycles. The molecule has 2 rings (SSSR count). The van der Waals surface area contributed by atoms with E-state index in [1.54, 1.807) is 31.2 Å². The van der Waals surface area contributed by atoms with Crippen LogP contribution in [0.3, 0.4) is 0 Å². The summed E-state index contributed by atoms with van der Waals surface area (Å²) in [6.07, 6.45) is 1.34. The molecule has 0 aliphatic heterocycles. The molecule has 0 atom stereocenters. The van der Waals surface area contributed by atoms with Gasteiger partial charge in [-0.25, -0.2) is 4.98 Å². The molecule has 0 spiro atoms. The lowest BCUT2D eigenvalue weighted by Crippen LogP contribution is -2.35. The van der Waals surface area contributed by atoms with Crippen LogP contribution in [0.15, 0.2) is 36.5 Å². The number of benzene rings is 1. The number of hydrogen-bond donors (Lipinski definition) is 2. The number of carbonyl (C=O) groups excluding carboxylic acids is 3. The summed E-state index contributed by atoms with van der Waals surface area (Å²) in [6.45, 7) is 0.461. The molecule has 10 heteroatoms. The molecule has 0 bridgehead atoms. The van der Waals surface area contributed by atoms with E-state index in [0.29, 0.717) is 16.3 Å². The van der Waals surface area contributed by atoms with Gasteiger partial charge in [0, 0.05) is 6.20 Å². The highest BCUT2D eigenvalue weighted by molar-refractivity contribution is 6.37. The zero-order chi connectivity index (χ0) is 20.5. The number of hydrogen-bond acceptors (Lipinski definition) is 6. The predicted molar refractivity (Wildman–Crippen MR) is 104 cm³/mol. The average molecular weight is 426 g/mol. The second-order valence-electron chi connectivity index (χ2n) is 5.48. The van der Waals surface area contributed by atoms with Crippen molar-refractivity contribution in [2.75, 3.05) is 25.1 Å². The highest BCUT2D eigenvalue weighted by atomic mass is 35.5. The fourth-order valence-corrected chi connectivity index (χ4v) is 2.29. The Bertz CT molecular complexity index is 862. The Hall–Kier alpha value is -2.84. The lowest BCUT2D eigenvalue weighted by Gasteiger charge is -2.10. The molecule has 2 aromatic rings. The molecule has 0 radical (unpaired) electrons. The third kappa shape index (κ3) is 6.71. The van der Waals surface area contributed by atoms with E-state index in [0.717, 1.165) is 0 Å². The van der Waals surface area contributed by atoms with Crippen molar-refractivity contribution in [1.29, 1.82) is 0 Å². The van der Waals surface area contributed by atoms with E-state index < -0.39 is 30.9 Å². The summed E-state index contributed by atoms with van der Waals surface area (Å²) >= 11 is 11.9. The van der Waals surface area contributed by atoms with E-state index in [2.05, 4.69) is 15.6 Å². The molecule has 2 N–H and O–H groups in total. The van der Waals surface area contributed by atoms with Crippen molar-refractivity contribution in [3.05, 3.63) is 52.1 Å². The van der Waals surface area contributed by atoms with E-state index >= 15 is 0 Å². The van der Waals surface area contributed by atoms with E-state index in [1.165, 1.54) is 6.20 Å². The van der Waals surface area contributed by atoms with Gasteiger partial charge in [-0.15, -0.1) is 0 Å². The maximum atomic E-state index is 11.8. The van der Waals surface area contributed by atoms with Crippen LogP contribution in [0, 0.1) is 6.92 Å². The number of ether oxygens (including phenoxy) is 2. The third-order valence-electron chi connectivity index (χ3n) is 3.37. The standard InChI is InChI=1S/C18H17Cl2N3O5/c1-11-13(19)7-22-18(17(11)20)23-15(25)10-28-16(26)8-21-14(24)9-27-12-5-3-2-4-6-12/h2-7H,8-10H2,1H3,(H,21,24)(H,22,23,25). The molecule has 2 amide bonds. The molecule has 0 aliphatic carbocycles. The summed E-state index contributed by atoms with van der Waals surface area (Å²) in [6, 6.07) is 8.75. The van der Waals surface area contributed by atoms with Crippen LogP contribution in [-0.4, -0.2) is 42.5 Å². The highest BCUT2D eigenvalue weighted by Crippen LogP contribution is 2.28. The molecule has 0 aliphatic rings. The Morgan fingerprint density at radius 3 is 2.50 bits per heavy atom. The van der Waals surface area contributed by atoms with Crippen LogP contribution in [-0.2, 0) is 19.1 Å². The molecule has 0 unspecified atom stereocenters. The van der Waals surface area contributed by atoms with E-state index in [9.17, 15) is 14.4 Å². The van der Waals surface area contributed by atoms with Gasteiger partial charge in [0.15, 0.2) is 19.0 Å². The van der Waals surface area contributed by atoms with E-state index in [4.69, 9.17) is 32.7 Å². The number of amides is 2. The number of esters is 1. The first kappa shape index (κ1) is 21.5.